The Balaban J connectivity index is 3.17. The first-order valence-electron chi connectivity index (χ1n) is 7.85. The standard InChI is InChI=1S/C18H30O/c1-2-3-4-5-6-7-8-9-10-11-12-13-14-15-16-17-18-19/h12-18H,2-11H2,1H3/b13-12-,15-14-,17-16-. The van der Waals surface area contributed by atoms with E-state index in [-0.39, 0.29) is 0 Å². The minimum atomic E-state index is 0.788. The molecule has 0 saturated carbocycles. The van der Waals surface area contributed by atoms with E-state index in [4.69, 9.17) is 0 Å². The summed E-state index contributed by atoms with van der Waals surface area (Å²) in [5.41, 5.74) is 0. The van der Waals surface area contributed by atoms with Crippen molar-refractivity contribution in [2.75, 3.05) is 0 Å². The van der Waals surface area contributed by atoms with Gasteiger partial charge < -0.3 is 0 Å². The van der Waals surface area contributed by atoms with Crippen molar-refractivity contribution in [2.24, 2.45) is 0 Å². The zero-order chi connectivity index (χ0) is 14.0. The Bertz CT molecular complexity index is 261. The number of aldehydes is 1. The largest absolute Gasteiger partial charge is 0.299 e. The lowest BCUT2D eigenvalue weighted by atomic mass is 10.1. The molecule has 0 N–H and O–H groups in total. The fourth-order valence-corrected chi connectivity index (χ4v) is 1.99. The maximum Gasteiger partial charge on any atom is 0.142 e. The van der Waals surface area contributed by atoms with Crippen molar-refractivity contribution in [3.05, 3.63) is 36.5 Å². The summed E-state index contributed by atoms with van der Waals surface area (Å²) in [7, 11) is 0. The second kappa shape index (κ2) is 16.9. The number of hydrogen-bond donors (Lipinski definition) is 0. The molecule has 0 aromatic rings. The lowest BCUT2D eigenvalue weighted by molar-refractivity contribution is -0.104. The lowest BCUT2D eigenvalue weighted by Gasteiger charge is -2.00. The first kappa shape index (κ1) is 17.9. The number of allylic oxidation sites excluding steroid dienone is 6. The van der Waals surface area contributed by atoms with Gasteiger partial charge in [0.05, 0.1) is 0 Å². The average molecular weight is 262 g/mol. The van der Waals surface area contributed by atoms with Crippen LogP contribution in [0.15, 0.2) is 36.5 Å². The Morgan fingerprint density at radius 2 is 1.16 bits per heavy atom. The van der Waals surface area contributed by atoms with Crippen LogP contribution in [0.1, 0.15) is 71.1 Å². The van der Waals surface area contributed by atoms with Gasteiger partial charge in [0.1, 0.15) is 6.29 Å². The number of hydrogen-bond acceptors (Lipinski definition) is 1. The second-order valence-electron chi connectivity index (χ2n) is 4.95. The molecule has 1 heteroatoms. The highest BCUT2D eigenvalue weighted by atomic mass is 16.1. The second-order valence-corrected chi connectivity index (χ2v) is 4.95. The van der Waals surface area contributed by atoms with Crippen LogP contribution in [0.2, 0.25) is 0 Å². The summed E-state index contributed by atoms with van der Waals surface area (Å²) in [6.45, 7) is 2.27. The summed E-state index contributed by atoms with van der Waals surface area (Å²) < 4.78 is 0. The molecule has 0 fully saturated rings. The van der Waals surface area contributed by atoms with Gasteiger partial charge in [0.25, 0.3) is 0 Å². The Labute approximate surface area is 119 Å². The zero-order valence-corrected chi connectivity index (χ0v) is 12.5. The van der Waals surface area contributed by atoms with E-state index >= 15 is 0 Å². The van der Waals surface area contributed by atoms with Crippen molar-refractivity contribution in [3.8, 4) is 0 Å². The number of unbranched alkanes of at least 4 members (excludes halogenated alkanes) is 9. The van der Waals surface area contributed by atoms with Gasteiger partial charge in [-0.3, -0.25) is 4.79 Å². The number of rotatable bonds is 13. The summed E-state index contributed by atoms with van der Waals surface area (Å²) in [5, 5.41) is 0. The third kappa shape index (κ3) is 16.9. The Kier molecular flexibility index (Phi) is 15.9. The highest BCUT2D eigenvalue weighted by molar-refractivity contribution is 5.65. The SMILES string of the molecule is CCCCCCCCCCC\C=C/C=C\C=C/C=O. The predicted molar refractivity (Wildman–Crippen MR) is 85.3 cm³/mol. The van der Waals surface area contributed by atoms with Crippen molar-refractivity contribution >= 4 is 6.29 Å². The molecule has 0 unspecified atom stereocenters. The molecular formula is C18H30O. The van der Waals surface area contributed by atoms with E-state index in [1.807, 2.05) is 12.2 Å². The maximum absolute atomic E-state index is 10.0. The van der Waals surface area contributed by atoms with Gasteiger partial charge in [0.2, 0.25) is 0 Å². The van der Waals surface area contributed by atoms with Gasteiger partial charge in [0, 0.05) is 0 Å². The molecule has 0 aliphatic carbocycles. The molecule has 0 amide bonds. The number of carbonyl (C=O) groups is 1. The van der Waals surface area contributed by atoms with Crippen LogP contribution >= 0.6 is 0 Å². The van der Waals surface area contributed by atoms with Crippen LogP contribution in [0.5, 0.6) is 0 Å². The highest BCUT2D eigenvalue weighted by Gasteiger charge is 1.90. The van der Waals surface area contributed by atoms with Crippen LogP contribution < -0.4 is 0 Å². The van der Waals surface area contributed by atoms with Crippen LogP contribution in [-0.4, -0.2) is 6.29 Å². The fourth-order valence-electron chi connectivity index (χ4n) is 1.99. The van der Waals surface area contributed by atoms with Crippen LogP contribution in [0.4, 0.5) is 0 Å². The van der Waals surface area contributed by atoms with E-state index < -0.39 is 0 Å². The lowest BCUT2D eigenvalue weighted by Crippen LogP contribution is -1.80. The van der Waals surface area contributed by atoms with E-state index in [1.54, 1.807) is 6.08 Å². The Hall–Kier alpha value is -1.11. The monoisotopic (exact) mass is 262 g/mol. The van der Waals surface area contributed by atoms with Gasteiger partial charge in [0.15, 0.2) is 0 Å². The summed E-state index contributed by atoms with van der Waals surface area (Å²) in [6, 6.07) is 0. The zero-order valence-electron chi connectivity index (χ0n) is 12.5. The van der Waals surface area contributed by atoms with Crippen molar-refractivity contribution in [1.82, 2.24) is 0 Å². The molecule has 0 spiro atoms. The fraction of sp³-hybridized carbons (Fsp3) is 0.611. The predicted octanol–water partition coefficient (Wildman–Crippen LogP) is 5.77. The van der Waals surface area contributed by atoms with Crippen LogP contribution in [0.25, 0.3) is 0 Å². The third-order valence-corrected chi connectivity index (χ3v) is 3.13. The normalized spacial score (nSPS) is 12.1. The molecule has 0 aromatic heterocycles. The van der Waals surface area contributed by atoms with Gasteiger partial charge in [-0.15, -0.1) is 0 Å². The molecule has 1 nitrogen and oxygen atoms in total. The Morgan fingerprint density at radius 1 is 0.632 bits per heavy atom. The third-order valence-electron chi connectivity index (χ3n) is 3.13. The summed E-state index contributed by atoms with van der Waals surface area (Å²) in [6.07, 6.45) is 25.7. The molecule has 0 saturated heterocycles. The molecule has 0 aliphatic rings. The quantitative estimate of drug-likeness (QED) is 0.178. The molecular weight excluding hydrogens is 232 g/mol. The van der Waals surface area contributed by atoms with Crippen molar-refractivity contribution in [3.63, 3.8) is 0 Å². The van der Waals surface area contributed by atoms with Gasteiger partial charge in [-0.2, -0.15) is 0 Å². The first-order valence-corrected chi connectivity index (χ1v) is 7.85. The maximum atomic E-state index is 10.0. The number of carbonyl (C=O) groups excluding carboxylic acids is 1. The summed E-state index contributed by atoms with van der Waals surface area (Å²) in [4.78, 5) is 10.0. The minimum Gasteiger partial charge on any atom is -0.299 e. The molecule has 0 radical (unpaired) electrons. The topological polar surface area (TPSA) is 17.1 Å². The Morgan fingerprint density at radius 3 is 1.79 bits per heavy atom. The highest BCUT2D eigenvalue weighted by Crippen LogP contribution is 2.10. The summed E-state index contributed by atoms with van der Waals surface area (Å²) >= 11 is 0. The van der Waals surface area contributed by atoms with Gasteiger partial charge >= 0.3 is 0 Å². The minimum absolute atomic E-state index is 0.788. The molecule has 0 aromatic carbocycles. The van der Waals surface area contributed by atoms with Crippen molar-refractivity contribution in [1.29, 1.82) is 0 Å². The molecule has 0 rings (SSSR count). The van der Waals surface area contributed by atoms with E-state index in [2.05, 4.69) is 19.1 Å². The van der Waals surface area contributed by atoms with E-state index in [9.17, 15) is 4.79 Å². The average Bonchev–Trinajstić information content (AvgIpc) is 2.43. The van der Waals surface area contributed by atoms with E-state index in [0.29, 0.717) is 0 Å². The molecule has 0 heterocycles. The van der Waals surface area contributed by atoms with Gasteiger partial charge in [-0.1, -0.05) is 88.7 Å². The van der Waals surface area contributed by atoms with E-state index in [0.717, 1.165) is 12.7 Å². The molecule has 19 heavy (non-hydrogen) atoms. The smallest absolute Gasteiger partial charge is 0.142 e. The first-order chi connectivity index (χ1) is 9.41. The molecule has 0 aliphatic heterocycles. The van der Waals surface area contributed by atoms with Crippen molar-refractivity contribution in [2.45, 2.75) is 71.1 Å². The van der Waals surface area contributed by atoms with Gasteiger partial charge in [-0.05, 0) is 18.9 Å². The molecule has 108 valence electrons. The van der Waals surface area contributed by atoms with Crippen molar-refractivity contribution < 1.29 is 4.79 Å². The van der Waals surface area contributed by atoms with Crippen LogP contribution in [-0.2, 0) is 4.79 Å². The van der Waals surface area contributed by atoms with Crippen LogP contribution in [0.3, 0.4) is 0 Å². The van der Waals surface area contributed by atoms with E-state index in [1.165, 1.54) is 63.9 Å². The molecule has 0 atom stereocenters. The summed E-state index contributed by atoms with van der Waals surface area (Å²) in [5.74, 6) is 0. The molecule has 0 bridgehead atoms. The van der Waals surface area contributed by atoms with Gasteiger partial charge in [-0.25, -0.2) is 0 Å². The van der Waals surface area contributed by atoms with Crippen LogP contribution in [0, 0.1) is 0 Å².